The number of hydrogen-bond donors (Lipinski definition) is 1. The van der Waals surface area contributed by atoms with E-state index in [1.165, 1.54) is 0 Å². The van der Waals surface area contributed by atoms with E-state index in [9.17, 15) is 14.0 Å². The molecule has 0 aliphatic rings. The van der Waals surface area contributed by atoms with E-state index in [0.29, 0.717) is 39.1 Å². The van der Waals surface area contributed by atoms with Gasteiger partial charge < -0.3 is 5.32 Å². The van der Waals surface area contributed by atoms with Crippen LogP contribution in [0.4, 0.5) is 20.3 Å². The van der Waals surface area contributed by atoms with E-state index in [0.717, 1.165) is 17.8 Å². The summed E-state index contributed by atoms with van der Waals surface area (Å²) in [6.45, 7) is 1.70. The fourth-order valence-corrected chi connectivity index (χ4v) is 3.05. The highest BCUT2D eigenvalue weighted by atomic mass is 35.5. The van der Waals surface area contributed by atoms with Gasteiger partial charge in [0.2, 0.25) is 0 Å². The number of anilines is 2. The van der Waals surface area contributed by atoms with Crippen molar-refractivity contribution in [2.75, 3.05) is 5.32 Å². The van der Waals surface area contributed by atoms with Crippen LogP contribution in [0.2, 0.25) is 5.02 Å². The molecule has 0 amide bonds. The van der Waals surface area contributed by atoms with Gasteiger partial charge in [0, 0.05) is 22.8 Å². The summed E-state index contributed by atoms with van der Waals surface area (Å²) in [5, 5.41) is 13.1. The monoisotopic (exact) mass is 395 g/mol. The topological polar surface area (TPSA) is 66.5 Å². The van der Waals surface area contributed by atoms with Crippen LogP contribution in [-0.4, -0.2) is 14.5 Å². The third-order valence-electron chi connectivity index (χ3n) is 4.15. The first-order valence-electron chi connectivity index (χ1n) is 8.24. The van der Waals surface area contributed by atoms with Crippen molar-refractivity contribution in [3.05, 3.63) is 76.6 Å². The van der Waals surface area contributed by atoms with E-state index in [2.05, 4.69) is 21.4 Å². The number of rotatable bonds is 3. The van der Waals surface area contributed by atoms with Crippen molar-refractivity contribution >= 4 is 34.1 Å². The Morgan fingerprint density at radius 3 is 2.46 bits per heavy atom. The molecule has 138 valence electrons. The fourth-order valence-electron chi connectivity index (χ4n) is 2.92. The molecule has 4 rings (SSSR count). The molecule has 0 saturated heterocycles. The average molecular weight is 396 g/mol. The number of nitriles is 1. The molecular weight excluding hydrogens is 384 g/mol. The van der Waals surface area contributed by atoms with Gasteiger partial charge in [-0.2, -0.15) is 5.26 Å². The minimum Gasteiger partial charge on any atom is -0.340 e. The van der Waals surface area contributed by atoms with E-state index in [4.69, 9.17) is 11.6 Å². The molecule has 5 nitrogen and oxygen atoms in total. The van der Waals surface area contributed by atoms with Crippen LogP contribution in [0.5, 0.6) is 0 Å². The Labute approximate surface area is 163 Å². The third-order valence-corrected chi connectivity index (χ3v) is 4.40. The largest absolute Gasteiger partial charge is 0.340 e. The number of nitrogens with zero attached hydrogens (tertiary/aromatic N) is 4. The number of imidazole rings is 1. The predicted molar refractivity (Wildman–Crippen MR) is 103 cm³/mol. The fraction of sp³-hybridized carbons (Fsp3) is 0.0500. The van der Waals surface area contributed by atoms with Crippen LogP contribution in [0.3, 0.4) is 0 Å². The van der Waals surface area contributed by atoms with Gasteiger partial charge in [0.05, 0.1) is 22.7 Å². The molecule has 0 saturated carbocycles. The van der Waals surface area contributed by atoms with E-state index < -0.39 is 11.6 Å². The summed E-state index contributed by atoms with van der Waals surface area (Å²) in [7, 11) is 0. The van der Waals surface area contributed by atoms with Gasteiger partial charge in [0.15, 0.2) is 11.6 Å². The van der Waals surface area contributed by atoms with Gasteiger partial charge in [-0.25, -0.2) is 18.7 Å². The zero-order valence-electron chi connectivity index (χ0n) is 14.5. The molecule has 0 aliphatic heterocycles. The molecule has 0 fully saturated rings. The predicted octanol–water partition coefficient (Wildman–Crippen LogP) is 5.28. The second kappa shape index (κ2) is 6.91. The lowest BCUT2D eigenvalue weighted by Crippen LogP contribution is -2.04. The molecule has 8 heteroatoms. The van der Waals surface area contributed by atoms with Crippen molar-refractivity contribution in [3.8, 4) is 11.9 Å². The summed E-state index contributed by atoms with van der Waals surface area (Å²) in [6, 6.07) is 14.3. The number of fused-ring (bicyclic) bond motifs is 1. The maximum absolute atomic E-state index is 13.8. The van der Waals surface area contributed by atoms with Crippen LogP contribution in [0.15, 0.2) is 48.5 Å². The number of halogens is 3. The van der Waals surface area contributed by atoms with Gasteiger partial charge in [-0.3, -0.25) is 4.57 Å². The lowest BCUT2D eigenvalue weighted by atomic mass is 10.2. The van der Waals surface area contributed by atoms with Gasteiger partial charge in [-0.1, -0.05) is 11.6 Å². The van der Waals surface area contributed by atoms with E-state index in [-0.39, 0.29) is 0 Å². The first-order chi connectivity index (χ1) is 13.4. The highest BCUT2D eigenvalue weighted by molar-refractivity contribution is 6.30. The molecule has 0 atom stereocenters. The average Bonchev–Trinajstić information content (AvgIpc) is 2.98. The second-order valence-electron chi connectivity index (χ2n) is 6.09. The van der Waals surface area contributed by atoms with Crippen molar-refractivity contribution in [1.29, 1.82) is 5.26 Å². The highest BCUT2D eigenvalue weighted by Gasteiger charge is 2.15. The summed E-state index contributed by atoms with van der Waals surface area (Å²) in [5.41, 5.74) is 1.74. The minimum atomic E-state index is -0.982. The normalized spacial score (nSPS) is 10.8. The number of aryl methyl sites for hydroxylation is 1. The van der Waals surface area contributed by atoms with Gasteiger partial charge in [0.1, 0.15) is 17.5 Å². The Balaban J connectivity index is 1.85. The highest BCUT2D eigenvalue weighted by Crippen LogP contribution is 2.25. The summed E-state index contributed by atoms with van der Waals surface area (Å²) in [5.74, 6) is -0.688. The number of nitrogens with one attached hydrogen (secondary N) is 1. The zero-order valence-corrected chi connectivity index (χ0v) is 15.3. The molecule has 0 aliphatic carbocycles. The smallest absolute Gasteiger partial charge is 0.161 e. The molecule has 2 aromatic carbocycles. The SMILES string of the molecule is Cc1nc2cc(F)c(F)cc2n1-c1cc(C#N)cc(Nc2ccc(Cl)cc2)n1. The Morgan fingerprint density at radius 2 is 1.75 bits per heavy atom. The second-order valence-corrected chi connectivity index (χ2v) is 6.53. The first kappa shape index (κ1) is 17.9. The maximum atomic E-state index is 13.8. The lowest BCUT2D eigenvalue weighted by molar-refractivity contribution is 0.510. The molecule has 2 aromatic heterocycles. The molecule has 2 heterocycles. The number of aromatic nitrogens is 3. The molecule has 1 N–H and O–H groups in total. The van der Waals surface area contributed by atoms with Crippen LogP contribution >= 0.6 is 11.6 Å². The summed E-state index contributed by atoms with van der Waals surface area (Å²) in [6.07, 6.45) is 0. The maximum Gasteiger partial charge on any atom is 0.161 e. The molecule has 4 aromatic rings. The van der Waals surface area contributed by atoms with Gasteiger partial charge in [-0.15, -0.1) is 0 Å². The molecular formula is C20H12ClF2N5. The van der Waals surface area contributed by atoms with E-state index >= 15 is 0 Å². The van der Waals surface area contributed by atoms with E-state index in [1.54, 1.807) is 47.9 Å². The summed E-state index contributed by atoms with van der Waals surface area (Å²) < 4.78 is 28.9. The molecule has 0 radical (unpaired) electrons. The zero-order chi connectivity index (χ0) is 19.8. The van der Waals surface area contributed by atoms with Crippen molar-refractivity contribution in [2.24, 2.45) is 0 Å². The number of hydrogen-bond acceptors (Lipinski definition) is 4. The Kier molecular flexibility index (Phi) is 4.41. The quantitative estimate of drug-likeness (QED) is 0.512. The summed E-state index contributed by atoms with van der Waals surface area (Å²) in [4.78, 5) is 8.78. The standard InChI is InChI=1S/C20H12ClF2N5/c1-11-25-17-8-15(22)16(23)9-18(17)28(11)20-7-12(10-24)6-19(27-20)26-14-4-2-13(21)3-5-14/h2-9H,1H3,(H,26,27). The Hall–Kier alpha value is -3.50. The van der Waals surface area contributed by atoms with Crippen LogP contribution in [0.25, 0.3) is 16.9 Å². The lowest BCUT2D eigenvalue weighted by Gasteiger charge is -2.11. The number of pyridine rings is 1. The molecule has 0 spiro atoms. The van der Waals surface area contributed by atoms with Crippen molar-refractivity contribution in [2.45, 2.75) is 6.92 Å². The minimum absolute atomic E-state index is 0.299. The Morgan fingerprint density at radius 1 is 1.04 bits per heavy atom. The van der Waals surface area contributed by atoms with Crippen LogP contribution in [0.1, 0.15) is 11.4 Å². The van der Waals surface area contributed by atoms with Gasteiger partial charge in [-0.05, 0) is 43.3 Å². The van der Waals surface area contributed by atoms with Gasteiger partial charge in [0.25, 0.3) is 0 Å². The van der Waals surface area contributed by atoms with Crippen LogP contribution < -0.4 is 5.32 Å². The Bertz CT molecular complexity index is 1240. The van der Waals surface area contributed by atoms with Gasteiger partial charge >= 0.3 is 0 Å². The van der Waals surface area contributed by atoms with Crippen molar-refractivity contribution in [1.82, 2.24) is 14.5 Å². The van der Waals surface area contributed by atoms with Crippen molar-refractivity contribution < 1.29 is 8.78 Å². The summed E-state index contributed by atoms with van der Waals surface area (Å²) >= 11 is 5.90. The van der Waals surface area contributed by atoms with E-state index in [1.807, 2.05) is 0 Å². The molecule has 0 unspecified atom stereocenters. The number of benzene rings is 2. The van der Waals surface area contributed by atoms with Crippen LogP contribution in [0, 0.1) is 29.9 Å². The van der Waals surface area contributed by atoms with Crippen molar-refractivity contribution in [3.63, 3.8) is 0 Å². The first-order valence-corrected chi connectivity index (χ1v) is 8.61. The molecule has 0 bridgehead atoms. The third kappa shape index (κ3) is 3.26. The molecule has 28 heavy (non-hydrogen) atoms. The van der Waals surface area contributed by atoms with Crippen LogP contribution in [-0.2, 0) is 0 Å².